The van der Waals surface area contributed by atoms with Gasteiger partial charge in [0, 0.05) is 0 Å². The SMILES string of the molecule is C=CC1CCC(c2ccc(-c3ccc(-c4ccc(F)c(F)c4)cc3)cc2)CC1. The van der Waals surface area contributed by atoms with Gasteiger partial charge >= 0.3 is 0 Å². The molecule has 0 bridgehead atoms. The lowest BCUT2D eigenvalue weighted by Gasteiger charge is -2.27. The van der Waals surface area contributed by atoms with E-state index in [9.17, 15) is 8.78 Å². The van der Waals surface area contributed by atoms with E-state index in [2.05, 4.69) is 36.9 Å². The van der Waals surface area contributed by atoms with Crippen LogP contribution in [0.1, 0.15) is 37.2 Å². The lowest BCUT2D eigenvalue weighted by molar-refractivity contribution is 0.376. The summed E-state index contributed by atoms with van der Waals surface area (Å²) >= 11 is 0. The zero-order chi connectivity index (χ0) is 19.5. The Morgan fingerprint density at radius 1 is 0.643 bits per heavy atom. The highest BCUT2D eigenvalue weighted by atomic mass is 19.2. The molecule has 0 atom stereocenters. The zero-order valence-corrected chi connectivity index (χ0v) is 15.9. The summed E-state index contributed by atoms with van der Waals surface area (Å²) < 4.78 is 26.6. The molecule has 0 aromatic heterocycles. The first-order valence-corrected chi connectivity index (χ1v) is 9.92. The maximum Gasteiger partial charge on any atom is 0.159 e. The van der Waals surface area contributed by atoms with Gasteiger partial charge in [-0.3, -0.25) is 0 Å². The Balaban J connectivity index is 1.48. The van der Waals surface area contributed by atoms with Crippen molar-refractivity contribution in [2.24, 2.45) is 5.92 Å². The van der Waals surface area contributed by atoms with Gasteiger partial charge in [0.25, 0.3) is 0 Å². The predicted molar refractivity (Wildman–Crippen MR) is 112 cm³/mol. The summed E-state index contributed by atoms with van der Waals surface area (Å²) in [6.45, 7) is 3.93. The van der Waals surface area contributed by atoms with E-state index in [0.29, 0.717) is 17.4 Å². The fourth-order valence-corrected chi connectivity index (χ4v) is 4.17. The highest BCUT2D eigenvalue weighted by Crippen LogP contribution is 2.37. The van der Waals surface area contributed by atoms with E-state index in [-0.39, 0.29) is 0 Å². The van der Waals surface area contributed by atoms with Crippen LogP contribution in [0, 0.1) is 17.6 Å². The van der Waals surface area contributed by atoms with Crippen molar-refractivity contribution in [1.82, 2.24) is 0 Å². The Bertz CT molecular complexity index is 947. The van der Waals surface area contributed by atoms with Crippen molar-refractivity contribution in [3.63, 3.8) is 0 Å². The van der Waals surface area contributed by atoms with E-state index < -0.39 is 11.6 Å². The van der Waals surface area contributed by atoms with Gasteiger partial charge in [0.15, 0.2) is 11.6 Å². The van der Waals surface area contributed by atoms with Crippen LogP contribution >= 0.6 is 0 Å². The standard InChI is InChI=1S/C26H24F2/c1-2-18-3-5-19(6-4-18)20-7-9-21(10-8-20)22-11-13-23(14-12-22)24-15-16-25(27)26(28)17-24/h2,7-19H,1,3-6H2. The fraction of sp³-hybridized carbons (Fsp3) is 0.231. The molecule has 0 amide bonds. The van der Waals surface area contributed by atoms with E-state index in [1.165, 1.54) is 48.9 Å². The summed E-state index contributed by atoms with van der Waals surface area (Å²) in [7, 11) is 0. The van der Waals surface area contributed by atoms with E-state index in [1.807, 2.05) is 24.3 Å². The predicted octanol–water partition coefficient (Wildman–Crippen LogP) is 7.76. The molecule has 142 valence electrons. The van der Waals surface area contributed by atoms with Crippen LogP contribution < -0.4 is 0 Å². The average Bonchev–Trinajstić information content (AvgIpc) is 2.76. The molecule has 1 saturated carbocycles. The summed E-state index contributed by atoms with van der Waals surface area (Å²) in [6, 6.07) is 20.8. The molecule has 2 heteroatoms. The maximum atomic E-state index is 13.5. The lowest BCUT2D eigenvalue weighted by Crippen LogP contribution is -2.11. The molecule has 0 heterocycles. The molecular weight excluding hydrogens is 350 g/mol. The molecule has 28 heavy (non-hydrogen) atoms. The second kappa shape index (κ2) is 8.10. The summed E-state index contributed by atoms with van der Waals surface area (Å²) in [5.41, 5.74) is 5.26. The topological polar surface area (TPSA) is 0 Å². The van der Waals surface area contributed by atoms with E-state index >= 15 is 0 Å². The van der Waals surface area contributed by atoms with Gasteiger partial charge in [-0.2, -0.15) is 0 Å². The Labute approximate surface area is 165 Å². The van der Waals surface area contributed by atoms with Crippen LogP contribution in [0.15, 0.2) is 79.4 Å². The molecule has 0 aliphatic heterocycles. The molecule has 0 radical (unpaired) electrons. The number of allylic oxidation sites excluding steroid dienone is 1. The van der Waals surface area contributed by atoms with Crippen molar-refractivity contribution in [3.05, 3.63) is 96.6 Å². The first kappa shape index (κ1) is 18.6. The van der Waals surface area contributed by atoms with Gasteiger partial charge in [-0.15, -0.1) is 6.58 Å². The van der Waals surface area contributed by atoms with Crippen LogP contribution in [0.2, 0.25) is 0 Å². The van der Waals surface area contributed by atoms with Gasteiger partial charge in [-0.05, 0) is 77.5 Å². The van der Waals surface area contributed by atoms with E-state index in [1.54, 1.807) is 6.07 Å². The third kappa shape index (κ3) is 3.91. The van der Waals surface area contributed by atoms with Gasteiger partial charge in [0.05, 0.1) is 0 Å². The first-order valence-electron chi connectivity index (χ1n) is 9.92. The van der Waals surface area contributed by atoms with Crippen molar-refractivity contribution in [3.8, 4) is 22.3 Å². The third-order valence-corrected chi connectivity index (χ3v) is 5.96. The molecule has 1 aliphatic rings. The Kier molecular flexibility index (Phi) is 5.38. The molecule has 1 fully saturated rings. The van der Waals surface area contributed by atoms with Crippen molar-refractivity contribution in [2.45, 2.75) is 31.6 Å². The normalized spacial score (nSPS) is 19.4. The number of benzene rings is 3. The fourth-order valence-electron chi connectivity index (χ4n) is 4.17. The summed E-state index contributed by atoms with van der Waals surface area (Å²) in [6.07, 6.45) is 7.05. The monoisotopic (exact) mass is 374 g/mol. The zero-order valence-electron chi connectivity index (χ0n) is 15.9. The largest absolute Gasteiger partial charge is 0.204 e. The van der Waals surface area contributed by atoms with E-state index in [0.717, 1.165) is 11.1 Å². The number of hydrogen-bond donors (Lipinski definition) is 0. The lowest BCUT2D eigenvalue weighted by atomic mass is 9.78. The van der Waals surface area contributed by atoms with Crippen molar-refractivity contribution >= 4 is 0 Å². The number of hydrogen-bond acceptors (Lipinski definition) is 0. The average molecular weight is 374 g/mol. The molecule has 4 rings (SSSR count). The molecule has 0 nitrogen and oxygen atoms in total. The Morgan fingerprint density at radius 2 is 1.14 bits per heavy atom. The molecule has 0 unspecified atom stereocenters. The summed E-state index contributed by atoms with van der Waals surface area (Å²) in [4.78, 5) is 0. The summed E-state index contributed by atoms with van der Waals surface area (Å²) in [5, 5.41) is 0. The molecule has 0 saturated heterocycles. The van der Waals surface area contributed by atoms with Gasteiger partial charge in [0.2, 0.25) is 0 Å². The second-order valence-electron chi connectivity index (χ2n) is 7.68. The maximum absolute atomic E-state index is 13.5. The molecule has 3 aromatic carbocycles. The van der Waals surface area contributed by atoms with Crippen LogP contribution in [0.3, 0.4) is 0 Å². The smallest absolute Gasteiger partial charge is 0.159 e. The Morgan fingerprint density at radius 3 is 1.68 bits per heavy atom. The van der Waals surface area contributed by atoms with Gasteiger partial charge in [0.1, 0.15) is 0 Å². The molecule has 0 spiro atoms. The van der Waals surface area contributed by atoms with E-state index in [4.69, 9.17) is 0 Å². The quantitative estimate of drug-likeness (QED) is 0.409. The first-order chi connectivity index (χ1) is 13.6. The molecule has 1 aliphatic carbocycles. The van der Waals surface area contributed by atoms with Crippen molar-refractivity contribution in [2.75, 3.05) is 0 Å². The molecule has 0 N–H and O–H groups in total. The summed E-state index contributed by atoms with van der Waals surface area (Å²) in [5.74, 6) is -0.303. The van der Waals surface area contributed by atoms with Crippen LogP contribution in [-0.2, 0) is 0 Å². The minimum Gasteiger partial charge on any atom is -0.204 e. The van der Waals surface area contributed by atoms with Gasteiger partial charge < -0.3 is 0 Å². The highest BCUT2D eigenvalue weighted by Gasteiger charge is 2.20. The minimum absolute atomic E-state index is 0.654. The molecular formula is C26H24F2. The number of halogens is 2. The second-order valence-corrected chi connectivity index (χ2v) is 7.68. The van der Waals surface area contributed by atoms with Crippen LogP contribution in [0.5, 0.6) is 0 Å². The van der Waals surface area contributed by atoms with Crippen LogP contribution in [-0.4, -0.2) is 0 Å². The Hall–Kier alpha value is -2.74. The van der Waals surface area contributed by atoms with Gasteiger partial charge in [-0.25, -0.2) is 8.78 Å². The highest BCUT2D eigenvalue weighted by molar-refractivity contribution is 5.70. The van der Waals surface area contributed by atoms with Crippen molar-refractivity contribution < 1.29 is 8.78 Å². The van der Waals surface area contributed by atoms with Crippen molar-refractivity contribution in [1.29, 1.82) is 0 Å². The third-order valence-electron chi connectivity index (χ3n) is 5.96. The number of rotatable bonds is 4. The minimum atomic E-state index is -0.821. The molecule has 3 aromatic rings. The van der Waals surface area contributed by atoms with Crippen LogP contribution in [0.4, 0.5) is 8.78 Å². The van der Waals surface area contributed by atoms with Crippen LogP contribution in [0.25, 0.3) is 22.3 Å². The van der Waals surface area contributed by atoms with Gasteiger partial charge in [-0.1, -0.05) is 60.7 Å².